The van der Waals surface area contributed by atoms with Gasteiger partial charge in [0.05, 0.1) is 0 Å². The summed E-state index contributed by atoms with van der Waals surface area (Å²) in [6.45, 7) is 7.22. The fourth-order valence-electron chi connectivity index (χ4n) is 2.28. The monoisotopic (exact) mass is 302 g/mol. The molecular weight excluding hydrogens is 280 g/mol. The third-order valence-electron chi connectivity index (χ3n) is 3.43. The second kappa shape index (κ2) is 7.49. The number of benzene rings is 1. The normalized spacial score (nSPS) is 15.7. The molecule has 3 N–H and O–H groups in total. The zero-order valence-electron chi connectivity index (χ0n) is 12.8. The van der Waals surface area contributed by atoms with Crippen LogP contribution in [-0.2, 0) is 4.79 Å². The van der Waals surface area contributed by atoms with E-state index in [0.29, 0.717) is 19.6 Å². The Morgan fingerprint density at radius 2 is 2.36 bits per heavy atom. The van der Waals surface area contributed by atoms with Crippen LogP contribution in [0.5, 0.6) is 0 Å². The van der Waals surface area contributed by atoms with Crippen molar-refractivity contribution in [3.05, 3.63) is 36.9 Å². The minimum atomic E-state index is -0.370. The Kier molecular flexibility index (Phi) is 5.41. The lowest BCUT2D eigenvalue weighted by Gasteiger charge is -2.28. The zero-order chi connectivity index (χ0) is 15.9. The SMILES string of the molecule is C=CCNC(=O)C(C)Nc1cccc(N2CCCNC2=O)c1. The number of amides is 3. The highest BCUT2D eigenvalue weighted by Gasteiger charge is 2.19. The molecule has 1 aromatic carbocycles. The molecule has 6 heteroatoms. The van der Waals surface area contributed by atoms with Gasteiger partial charge in [0.1, 0.15) is 6.04 Å². The minimum absolute atomic E-state index is 0.0832. The topological polar surface area (TPSA) is 73.5 Å². The standard InChI is InChI=1S/C16H22N4O2/c1-3-8-17-15(21)12(2)19-13-6-4-7-14(11-13)20-10-5-9-18-16(20)22/h3-4,6-7,11-12,19H,1,5,8-10H2,2H3,(H,17,21)(H,18,22). The molecule has 1 atom stereocenters. The van der Waals surface area contributed by atoms with Gasteiger partial charge in [-0.15, -0.1) is 6.58 Å². The van der Waals surface area contributed by atoms with Gasteiger partial charge in [-0.2, -0.15) is 0 Å². The number of hydrogen-bond donors (Lipinski definition) is 3. The van der Waals surface area contributed by atoms with Gasteiger partial charge in [-0.05, 0) is 31.5 Å². The number of carbonyl (C=O) groups is 2. The molecule has 1 aliphatic heterocycles. The molecule has 0 spiro atoms. The van der Waals surface area contributed by atoms with E-state index in [9.17, 15) is 9.59 Å². The summed E-state index contributed by atoms with van der Waals surface area (Å²) in [6, 6.07) is 7.06. The molecule has 0 aromatic heterocycles. The van der Waals surface area contributed by atoms with Gasteiger partial charge in [-0.1, -0.05) is 12.1 Å². The number of urea groups is 1. The van der Waals surface area contributed by atoms with E-state index in [1.807, 2.05) is 24.3 Å². The molecule has 1 aliphatic rings. The van der Waals surface area contributed by atoms with Crippen molar-refractivity contribution in [3.8, 4) is 0 Å². The molecule has 1 aromatic rings. The van der Waals surface area contributed by atoms with Gasteiger partial charge in [0.25, 0.3) is 0 Å². The van der Waals surface area contributed by atoms with E-state index < -0.39 is 0 Å². The molecule has 0 saturated carbocycles. The summed E-state index contributed by atoms with van der Waals surface area (Å²) < 4.78 is 0. The molecule has 118 valence electrons. The Morgan fingerprint density at radius 1 is 1.55 bits per heavy atom. The highest BCUT2D eigenvalue weighted by molar-refractivity contribution is 5.93. The summed E-state index contributed by atoms with van der Waals surface area (Å²) in [5, 5.41) is 8.71. The summed E-state index contributed by atoms with van der Waals surface area (Å²) in [5.41, 5.74) is 1.62. The van der Waals surface area contributed by atoms with Crippen molar-refractivity contribution < 1.29 is 9.59 Å². The molecule has 1 heterocycles. The van der Waals surface area contributed by atoms with Crippen LogP contribution >= 0.6 is 0 Å². The van der Waals surface area contributed by atoms with E-state index in [0.717, 1.165) is 17.8 Å². The molecule has 0 bridgehead atoms. The first-order valence-corrected chi connectivity index (χ1v) is 7.42. The van der Waals surface area contributed by atoms with Crippen molar-refractivity contribution in [1.82, 2.24) is 10.6 Å². The zero-order valence-corrected chi connectivity index (χ0v) is 12.8. The minimum Gasteiger partial charge on any atom is -0.374 e. The first-order valence-electron chi connectivity index (χ1n) is 7.42. The van der Waals surface area contributed by atoms with Crippen LogP contribution in [0.2, 0.25) is 0 Å². The van der Waals surface area contributed by atoms with Crippen LogP contribution in [0.3, 0.4) is 0 Å². The summed E-state index contributed by atoms with van der Waals surface area (Å²) in [4.78, 5) is 25.4. The van der Waals surface area contributed by atoms with Crippen molar-refractivity contribution in [2.24, 2.45) is 0 Å². The van der Waals surface area contributed by atoms with E-state index in [1.165, 1.54) is 0 Å². The fourth-order valence-corrected chi connectivity index (χ4v) is 2.28. The number of carbonyl (C=O) groups excluding carboxylic acids is 2. The molecule has 0 aliphatic carbocycles. The number of nitrogens with zero attached hydrogens (tertiary/aromatic N) is 1. The van der Waals surface area contributed by atoms with Crippen molar-refractivity contribution in [1.29, 1.82) is 0 Å². The third kappa shape index (κ3) is 4.00. The van der Waals surface area contributed by atoms with Crippen LogP contribution in [0.25, 0.3) is 0 Å². The molecule has 1 unspecified atom stereocenters. The number of rotatable bonds is 6. The molecule has 6 nitrogen and oxygen atoms in total. The Balaban J connectivity index is 2.03. The lowest BCUT2D eigenvalue weighted by atomic mass is 10.2. The van der Waals surface area contributed by atoms with Gasteiger partial charge in [0.15, 0.2) is 0 Å². The maximum Gasteiger partial charge on any atom is 0.321 e. The number of hydrogen-bond acceptors (Lipinski definition) is 3. The van der Waals surface area contributed by atoms with Gasteiger partial charge in [0.2, 0.25) is 5.91 Å². The molecule has 2 rings (SSSR count). The van der Waals surface area contributed by atoms with Crippen LogP contribution in [-0.4, -0.2) is 37.6 Å². The second-order valence-electron chi connectivity index (χ2n) is 5.19. The van der Waals surface area contributed by atoms with Gasteiger partial charge >= 0.3 is 6.03 Å². The summed E-state index contributed by atoms with van der Waals surface area (Å²) in [5.74, 6) is -0.0963. The highest BCUT2D eigenvalue weighted by atomic mass is 16.2. The van der Waals surface area contributed by atoms with Crippen molar-refractivity contribution >= 4 is 23.3 Å². The molecule has 0 radical (unpaired) electrons. The fraction of sp³-hybridized carbons (Fsp3) is 0.375. The Hall–Kier alpha value is -2.50. The van der Waals surface area contributed by atoms with Crippen LogP contribution < -0.4 is 20.9 Å². The van der Waals surface area contributed by atoms with Crippen molar-refractivity contribution in [3.63, 3.8) is 0 Å². The first-order chi connectivity index (χ1) is 10.6. The van der Waals surface area contributed by atoms with Crippen LogP contribution in [0.4, 0.5) is 16.2 Å². The summed E-state index contributed by atoms with van der Waals surface area (Å²) >= 11 is 0. The summed E-state index contributed by atoms with van der Waals surface area (Å²) in [7, 11) is 0. The van der Waals surface area contributed by atoms with E-state index in [4.69, 9.17) is 0 Å². The lowest BCUT2D eigenvalue weighted by molar-refractivity contribution is -0.121. The largest absolute Gasteiger partial charge is 0.374 e. The average Bonchev–Trinajstić information content (AvgIpc) is 2.53. The van der Waals surface area contributed by atoms with Crippen LogP contribution in [0.15, 0.2) is 36.9 Å². The van der Waals surface area contributed by atoms with E-state index in [1.54, 1.807) is 17.9 Å². The molecular formula is C16H22N4O2. The van der Waals surface area contributed by atoms with Gasteiger partial charge in [0, 0.05) is 31.0 Å². The Bertz CT molecular complexity index is 559. The maximum absolute atomic E-state index is 11.9. The smallest absolute Gasteiger partial charge is 0.321 e. The first kappa shape index (κ1) is 15.9. The molecule has 22 heavy (non-hydrogen) atoms. The molecule has 3 amide bonds. The molecule has 1 saturated heterocycles. The Labute approximate surface area is 130 Å². The van der Waals surface area contributed by atoms with Gasteiger partial charge in [-0.25, -0.2) is 4.79 Å². The lowest BCUT2D eigenvalue weighted by Crippen LogP contribution is -2.46. The Morgan fingerprint density at radius 3 is 3.09 bits per heavy atom. The predicted octanol–water partition coefficient (Wildman–Crippen LogP) is 1.71. The summed E-state index contributed by atoms with van der Waals surface area (Å²) in [6.07, 6.45) is 2.56. The maximum atomic E-state index is 11.9. The van der Waals surface area contributed by atoms with E-state index >= 15 is 0 Å². The number of anilines is 2. The van der Waals surface area contributed by atoms with E-state index in [2.05, 4.69) is 22.5 Å². The van der Waals surface area contributed by atoms with Gasteiger partial charge < -0.3 is 16.0 Å². The molecule has 1 fully saturated rings. The average molecular weight is 302 g/mol. The quantitative estimate of drug-likeness (QED) is 0.700. The van der Waals surface area contributed by atoms with Crippen LogP contribution in [0.1, 0.15) is 13.3 Å². The van der Waals surface area contributed by atoms with Crippen molar-refractivity contribution in [2.75, 3.05) is 29.9 Å². The number of nitrogens with one attached hydrogen (secondary N) is 3. The van der Waals surface area contributed by atoms with Gasteiger partial charge in [-0.3, -0.25) is 9.69 Å². The van der Waals surface area contributed by atoms with E-state index in [-0.39, 0.29) is 18.0 Å². The third-order valence-corrected chi connectivity index (χ3v) is 3.43. The van der Waals surface area contributed by atoms with Crippen LogP contribution in [0, 0.1) is 0 Å². The predicted molar refractivity (Wildman–Crippen MR) is 88.1 cm³/mol. The van der Waals surface area contributed by atoms with Crippen molar-refractivity contribution in [2.45, 2.75) is 19.4 Å². The highest BCUT2D eigenvalue weighted by Crippen LogP contribution is 2.21. The second-order valence-corrected chi connectivity index (χ2v) is 5.19.